The Morgan fingerprint density at radius 2 is 1.96 bits per heavy atom. The highest BCUT2D eigenvalue weighted by Crippen LogP contribution is 2.32. The summed E-state index contributed by atoms with van der Waals surface area (Å²) in [6, 6.07) is 10.4. The lowest BCUT2D eigenvalue weighted by Gasteiger charge is -2.12. The fourth-order valence-electron chi connectivity index (χ4n) is 2.35. The highest BCUT2D eigenvalue weighted by molar-refractivity contribution is 8.18. The number of aromatic hydroxyl groups is 1. The van der Waals surface area contributed by atoms with E-state index < -0.39 is 11.1 Å². The highest BCUT2D eigenvalue weighted by atomic mass is 32.2. The topological polar surface area (TPSA) is 86.7 Å². The van der Waals surface area contributed by atoms with E-state index in [1.807, 2.05) is 17.5 Å². The molecular formula is C18H16N2O4S2. The minimum absolute atomic E-state index is 0.188. The molecule has 0 aliphatic carbocycles. The number of phenols is 1. The number of rotatable bonds is 6. The summed E-state index contributed by atoms with van der Waals surface area (Å²) in [7, 11) is 0. The maximum Gasteiger partial charge on any atom is 0.294 e. The molecule has 1 aliphatic rings. The first-order valence-electron chi connectivity index (χ1n) is 7.86. The molecule has 3 rings (SSSR count). The zero-order chi connectivity index (χ0) is 18.5. The molecule has 6 nitrogen and oxygen atoms in total. The van der Waals surface area contributed by atoms with Gasteiger partial charge in [0.15, 0.2) is 0 Å². The highest BCUT2D eigenvalue weighted by Gasteiger charge is 2.36. The molecule has 1 aromatic carbocycles. The fourth-order valence-corrected chi connectivity index (χ4v) is 3.91. The van der Waals surface area contributed by atoms with Gasteiger partial charge in [-0.05, 0) is 53.4 Å². The Hall–Kier alpha value is -2.58. The van der Waals surface area contributed by atoms with Crippen LogP contribution >= 0.6 is 23.1 Å². The number of benzene rings is 1. The number of phenolic OH excluding ortho intramolecular Hbond substituents is 1. The van der Waals surface area contributed by atoms with E-state index >= 15 is 0 Å². The average Bonchev–Trinajstić information content (AvgIpc) is 3.21. The van der Waals surface area contributed by atoms with E-state index in [1.165, 1.54) is 11.3 Å². The van der Waals surface area contributed by atoms with Crippen LogP contribution in [-0.2, 0) is 16.0 Å². The molecule has 1 fully saturated rings. The predicted octanol–water partition coefficient (Wildman–Crippen LogP) is 2.85. The minimum Gasteiger partial charge on any atom is -0.508 e. The number of carbonyl (C=O) groups is 3. The largest absolute Gasteiger partial charge is 0.508 e. The van der Waals surface area contributed by atoms with Crippen molar-refractivity contribution in [1.29, 1.82) is 0 Å². The monoisotopic (exact) mass is 388 g/mol. The van der Waals surface area contributed by atoms with E-state index in [-0.39, 0.29) is 18.2 Å². The Morgan fingerprint density at radius 3 is 2.65 bits per heavy atom. The summed E-state index contributed by atoms with van der Waals surface area (Å²) in [5, 5.41) is 13.4. The molecule has 0 spiro atoms. The van der Waals surface area contributed by atoms with Crippen molar-refractivity contribution in [3.63, 3.8) is 0 Å². The van der Waals surface area contributed by atoms with Crippen LogP contribution < -0.4 is 5.32 Å². The van der Waals surface area contributed by atoms with Crippen molar-refractivity contribution < 1.29 is 19.5 Å². The van der Waals surface area contributed by atoms with Crippen LogP contribution in [0.4, 0.5) is 4.79 Å². The van der Waals surface area contributed by atoms with Crippen LogP contribution in [0.2, 0.25) is 0 Å². The summed E-state index contributed by atoms with van der Waals surface area (Å²) >= 11 is 2.32. The lowest BCUT2D eigenvalue weighted by atomic mass is 10.1. The second-order valence-corrected chi connectivity index (χ2v) is 7.52. The molecule has 0 bridgehead atoms. The summed E-state index contributed by atoms with van der Waals surface area (Å²) in [4.78, 5) is 38.5. The molecule has 0 unspecified atom stereocenters. The number of imide groups is 1. The van der Waals surface area contributed by atoms with Crippen molar-refractivity contribution in [1.82, 2.24) is 10.2 Å². The van der Waals surface area contributed by atoms with E-state index in [2.05, 4.69) is 5.32 Å². The molecular weight excluding hydrogens is 372 g/mol. The molecule has 2 heterocycles. The second-order valence-electron chi connectivity index (χ2n) is 5.55. The first kappa shape index (κ1) is 18.2. The Bertz CT molecular complexity index is 845. The zero-order valence-electron chi connectivity index (χ0n) is 13.7. The van der Waals surface area contributed by atoms with Crippen molar-refractivity contribution >= 4 is 46.2 Å². The third-order valence-corrected chi connectivity index (χ3v) is 5.39. The van der Waals surface area contributed by atoms with Crippen molar-refractivity contribution in [2.24, 2.45) is 0 Å². The number of thiophene rings is 1. The molecule has 2 N–H and O–H groups in total. The second kappa shape index (κ2) is 8.20. The SMILES string of the molecule is O=C(CN1C(=O)S/C(=C\c2cccs2)C1=O)NCCc1ccc(O)cc1. The quantitative estimate of drug-likeness (QED) is 0.743. The summed E-state index contributed by atoms with van der Waals surface area (Å²) < 4.78 is 0. The maximum atomic E-state index is 12.3. The van der Waals surface area contributed by atoms with Crippen LogP contribution in [0.5, 0.6) is 5.75 Å². The van der Waals surface area contributed by atoms with Crippen LogP contribution in [0.3, 0.4) is 0 Å². The summed E-state index contributed by atoms with van der Waals surface area (Å²) in [5.41, 5.74) is 0.966. The van der Waals surface area contributed by atoms with Gasteiger partial charge in [0.25, 0.3) is 11.1 Å². The Morgan fingerprint density at radius 1 is 1.19 bits per heavy atom. The van der Waals surface area contributed by atoms with Gasteiger partial charge >= 0.3 is 0 Å². The Kier molecular flexibility index (Phi) is 5.75. The number of nitrogens with one attached hydrogen (secondary N) is 1. The van der Waals surface area contributed by atoms with Gasteiger partial charge in [0.1, 0.15) is 12.3 Å². The maximum absolute atomic E-state index is 12.3. The molecule has 2 aromatic rings. The normalized spacial score (nSPS) is 15.7. The number of carbonyl (C=O) groups excluding carboxylic acids is 3. The predicted molar refractivity (Wildman–Crippen MR) is 102 cm³/mol. The number of thioether (sulfide) groups is 1. The molecule has 1 saturated heterocycles. The van der Waals surface area contributed by atoms with Gasteiger partial charge in [-0.3, -0.25) is 19.3 Å². The average molecular weight is 388 g/mol. The summed E-state index contributed by atoms with van der Waals surface area (Å²) in [6.07, 6.45) is 2.25. The van der Waals surface area contributed by atoms with Crippen LogP contribution in [-0.4, -0.2) is 40.1 Å². The van der Waals surface area contributed by atoms with Crippen LogP contribution in [0.15, 0.2) is 46.7 Å². The number of nitrogens with zero attached hydrogens (tertiary/aromatic N) is 1. The molecule has 1 aliphatic heterocycles. The van der Waals surface area contributed by atoms with E-state index in [4.69, 9.17) is 0 Å². The van der Waals surface area contributed by atoms with E-state index in [9.17, 15) is 19.5 Å². The van der Waals surface area contributed by atoms with Gasteiger partial charge in [-0.1, -0.05) is 18.2 Å². The van der Waals surface area contributed by atoms with Crippen LogP contribution in [0, 0.1) is 0 Å². The molecule has 26 heavy (non-hydrogen) atoms. The zero-order valence-corrected chi connectivity index (χ0v) is 15.3. The van der Waals surface area contributed by atoms with Crippen molar-refractivity contribution in [2.75, 3.05) is 13.1 Å². The molecule has 1 aromatic heterocycles. The first-order chi connectivity index (χ1) is 12.5. The van der Waals surface area contributed by atoms with Crippen LogP contribution in [0.25, 0.3) is 6.08 Å². The van der Waals surface area contributed by atoms with Crippen molar-refractivity contribution in [2.45, 2.75) is 6.42 Å². The van der Waals surface area contributed by atoms with Gasteiger partial charge in [-0.2, -0.15) is 0 Å². The number of hydrogen-bond acceptors (Lipinski definition) is 6. The van der Waals surface area contributed by atoms with Crippen molar-refractivity contribution in [3.8, 4) is 5.75 Å². The Labute approximate surface area is 158 Å². The molecule has 134 valence electrons. The van der Waals surface area contributed by atoms with Gasteiger partial charge in [-0.25, -0.2) is 0 Å². The van der Waals surface area contributed by atoms with Gasteiger partial charge in [0.05, 0.1) is 4.91 Å². The smallest absolute Gasteiger partial charge is 0.294 e. The molecule has 0 saturated carbocycles. The Balaban J connectivity index is 1.51. The van der Waals surface area contributed by atoms with Crippen molar-refractivity contribution in [3.05, 3.63) is 57.1 Å². The van der Waals surface area contributed by atoms with Gasteiger partial charge in [0, 0.05) is 11.4 Å². The third kappa shape index (κ3) is 4.53. The molecule has 0 radical (unpaired) electrons. The number of hydrogen-bond donors (Lipinski definition) is 2. The lowest BCUT2D eigenvalue weighted by Crippen LogP contribution is -2.40. The number of amides is 3. The third-order valence-electron chi connectivity index (χ3n) is 3.66. The van der Waals surface area contributed by atoms with Gasteiger partial charge in [-0.15, -0.1) is 11.3 Å². The standard InChI is InChI=1S/C18H16N2O4S2/c21-13-5-3-12(4-6-13)7-8-19-16(22)11-20-17(23)15(26-18(20)24)10-14-2-1-9-25-14/h1-6,9-10,21H,7-8,11H2,(H,19,22)/b15-10-. The fraction of sp³-hybridized carbons (Fsp3) is 0.167. The summed E-state index contributed by atoms with van der Waals surface area (Å²) in [6.45, 7) is 0.0902. The first-order valence-corrected chi connectivity index (χ1v) is 9.56. The van der Waals surface area contributed by atoms with Crippen LogP contribution in [0.1, 0.15) is 10.4 Å². The lowest BCUT2D eigenvalue weighted by molar-refractivity contribution is -0.129. The van der Waals surface area contributed by atoms with E-state index in [0.29, 0.717) is 17.9 Å². The van der Waals surface area contributed by atoms with E-state index in [0.717, 1.165) is 27.1 Å². The molecule has 8 heteroatoms. The summed E-state index contributed by atoms with van der Waals surface area (Å²) in [5.74, 6) is -0.640. The van der Waals surface area contributed by atoms with Gasteiger partial charge < -0.3 is 10.4 Å². The van der Waals surface area contributed by atoms with E-state index in [1.54, 1.807) is 30.3 Å². The minimum atomic E-state index is -0.443. The van der Waals surface area contributed by atoms with Gasteiger partial charge in [0.2, 0.25) is 5.91 Å². The molecule has 3 amide bonds. The molecule has 0 atom stereocenters.